The largest absolute Gasteiger partial charge is 0.480 e. The van der Waals surface area contributed by atoms with Crippen molar-refractivity contribution in [3.8, 4) is 0 Å². The lowest BCUT2D eigenvalue weighted by Gasteiger charge is -2.14. The molecule has 5 nitrogen and oxygen atoms in total. The molecule has 88 valence electrons. The average molecular weight is 232 g/mol. The molecule has 0 radical (unpaired) electrons. The number of hydrogen-bond acceptors (Lipinski definition) is 2. The molecule has 1 heterocycles. The van der Waals surface area contributed by atoms with E-state index in [1.165, 1.54) is 11.9 Å². The third-order valence-corrected chi connectivity index (χ3v) is 2.52. The van der Waals surface area contributed by atoms with Gasteiger partial charge in [-0.2, -0.15) is 0 Å². The molecule has 1 aromatic carbocycles. The first-order valence-electron chi connectivity index (χ1n) is 5.12. The monoisotopic (exact) mass is 232 g/mol. The van der Waals surface area contributed by atoms with Crippen molar-refractivity contribution >= 4 is 22.8 Å². The van der Waals surface area contributed by atoms with Crippen LogP contribution in [-0.2, 0) is 4.79 Å². The van der Waals surface area contributed by atoms with Crippen LogP contribution >= 0.6 is 0 Å². The molecule has 0 aliphatic heterocycles. The summed E-state index contributed by atoms with van der Waals surface area (Å²) in [6.07, 6.45) is 1.79. The molecule has 1 amide bonds. The maximum atomic E-state index is 11.9. The Morgan fingerprint density at radius 1 is 1.35 bits per heavy atom. The summed E-state index contributed by atoms with van der Waals surface area (Å²) in [5.41, 5.74) is 1.34. The van der Waals surface area contributed by atoms with Gasteiger partial charge in [-0.25, -0.2) is 0 Å². The van der Waals surface area contributed by atoms with E-state index >= 15 is 0 Å². The number of carboxylic acid groups (broad SMARTS) is 1. The van der Waals surface area contributed by atoms with Crippen LogP contribution in [0.2, 0.25) is 0 Å². The summed E-state index contributed by atoms with van der Waals surface area (Å²) in [5, 5.41) is 9.63. The van der Waals surface area contributed by atoms with Crippen molar-refractivity contribution in [2.24, 2.45) is 0 Å². The predicted octanol–water partition coefficient (Wildman–Crippen LogP) is 1.32. The van der Waals surface area contributed by atoms with Gasteiger partial charge >= 0.3 is 5.97 Å². The zero-order valence-electron chi connectivity index (χ0n) is 9.30. The molecule has 5 heteroatoms. The van der Waals surface area contributed by atoms with E-state index in [-0.39, 0.29) is 12.5 Å². The van der Waals surface area contributed by atoms with Gasteiger partial charge in [-0.1, -0.05) is 6.07 Å². The van der Waals surface area contributed by atoms with Gasteiger partial charge in [0.15, 0.2) is 0 Å². The quantitative estimate of drug-likeness (QED) is 0.838. The summed E-state index contributed by atoms with van der Waals surface area (Å²) in [7, 11) is 1.47. The van der Waals surface area contributed by atoms with Crippen LogP contribution in [-0.4, -0.2) is 40.5 Å². The van der Waals surface area contributed by atoms with Gasteiger partial charge in [0.25, 0.3) is 5.91 Å². The molecule has 0 saturated heterocycles. The first-order valence-corrected chi connectivity index (χ1v) is 5.12. The third-order valence-electron chi connectivity index (χ3n) is 2.52. The first kappa shape index (κ1) is 11.2. The van der Waals surface area contributed by atoms with E-state index in [0.29, 0.717) is 5.56 Å². The number of nitrogens with one attached hydrogen (secondary N) is 1. The highest BCUT2D eigenvalue weighted by Crippen LogP contribution is 2.15. The van der Waals surface area contributed by atoms with E-state index in [1.807, 2.05) is 12.1 Å². The number of hydrogen-bond donors (Lipinski definition) is 2. The molecule has 0 bridgehead atoms. The van der Waals surface area contributed by atoms with Crippen LogP contribution in [0, 0.1) is 0 Å². The Balaban J connectivity index is 2.26. The van der Waals surface area contributed by atoms with Crippen molar-refractivity contribution in [3.05, 3.63) is 36.0 Å². The maximum Gasteiger partial charge on any atom is 0.323 e. The van der Waals surface area contributed by atoms with Crippen molar-refractivity contribution < 1.29 is 14.7 Å². The molecule has 0 aliphatic carbocycles. The number of likely N-dealkylation sites (N-methyl/N-ethyl adjacent to an activating group) is 1. The number of nitrogens with zero attached hydrogens (tertiary/aromatic N) is 1. The molecule has 17 heavy (non-hydrogen) atoms. The topological polar surface area (TPSA) is 73.4 Å². The van der Waals surface area contributed by atoms with Gasteiger partial charge in [-0.3, -0.25) is 9.59 Å². The number of H-pyrrole nitrogens is 1. The first-order chi connectivity index (χ1) is 8.08. The summed E-state index contributed by atoms with van der Waals surface area (Å²) in [4.78, 5) is 26.6. The molecule has 2 N–H and O–H groups in total. The van der Waals surface area contributed by atoms with Crippen LogP contribution in [0.15, 0.2) is 30.5 Å². The van der Waals surface area contributed by atoms with Crippen molar-refractivity contribution in [1.29, 1.82) is 0 Å². The fourth-order valence-corrected chi connectivity index (χ4v) is 1.68. The fourth-order valence-electron chi connectivity index (χ4n) is 1.68. The Kier molecular flexibility index (Phi) is 2.82. The lowest BCUT2D eigenvalue weighted by molar-refractivity contribution is -0.137. The fraction of sp³-hybridized carbons (Fsp3) is 0.167. The number of carbonyl (C=O) groups is 2. The number of fused-ring (bicyclic) bond motifs is 1. The smallest absolute Gasteiger partial charge is 0.323 e. The second-order valence-electron chi connectivity index (χ2n) is 3.83. The summed E-state index contributed by atoms with van der Waals surface area (Å²) in [6, 6.07) is 7.14. The van der Waals surface area contributed by atoms with Crippen molar-refractivity contribution in [3.63, 3.8) is 0 Å². The summed E-state index contributed by atoms with van der Waals surface area (Å²) >= 11 is 0. The number of carbonyl (C=O) groups excluding carboxylic acids is 1. The Morgan fingerprint density at radius 2 is 2.12 bits per heavy atom. The second-order valence-corrected chi connectivity index (χ2v) is 3.83. The number of rotatable bonds is 3. The van der Waals surface area contributed by atoms with E-state index in [4.69, 9.17) is 5.11 Å². The van der Waals surface area contributed by atoms with Crippen LogP contribution in [0.25, 0.3) is 10.9 Å². The number of aromatic amines is 1. The number of aromatic nitrogens is 1. The highest BCUT2D eigenvalue weighted by molar-refractivity contribution is 5.98. The van der Waals surface area contributed by atoms with Gasteiger partial charge in [0, 0.05) is 24.3 Å². The lowest BCUT2D eigenvalue weighted by Crippen LogP contribution is -2.31. The molecular formula is C12H12N2O3. The minimum absolute atomic E-state index is 0.302. The normalized spacial score (nSPS) is 10.4. The minimum atomic E-state index is -1.03. The molecule has 1 aromatic heterocycles. The number of amides is 1. The Morgan fingerprint density at radius 3 is 2.82 bits per heavy atom. The molecule has 0 unspecified atom stereocenters. The van der Waals surface area contributed by atoms with E-state index in [2.05, 4.69) is 4.98 Å². The number of carboxylic acids is 1. The molecule has 0 saturated carbocycles. The van der Waals surface area contributed by atoms with Crippen LogP contribution < -0.4 is 0 Å². The van der Waals surface area contributed by atoms with Crippen LogP contribution in [0.1, 0.15) is 10.4 Å². The Bertz CT molecular complexity index is 574. The molecule has 2 aromatic rings. The van der Waals surface area contributed by atoms with Crippen molar-refractivity contribution in [2.45, 2.75) is 0 Å². The highest BCUT2D eigenvalue weighted by atomic mass is 16.4. The highest BCUT2D eigenvalue weighted by Gasteiger charge is 2.14. The molecule has 0 spiro atoms. The zero-order chi connectivity index (χ0) is 12.4. The third kappa shape index (κ3) is 2.28. The summed E-state index contributed by atoms with van der Waals surface area (Å²) in [6.45, 7) is -0.304. The minimum Gasteiger partial charge on any atom is -0.480 e. The lowest BCUT2D eigenvalue weighted by atomic mass is 10.1. The van der Waals surface area contributed by atoms with Crippen LogP contribution in [0.5, 0.6) is 0 Å². The summed E-state index contributed by atoms with van der Waals surface area (Å²) in [5.74, 6) is -1.33. The van der Waals surface area contributed by atoms with Gasteiger partial charge in [-0.15, -0.1) is 0 Å². The van der Waals surface area contributed by atoms with Gasteiger partial charge < -0.3 is 15.0 Å². The average Bonchev–Trinajstić information content (AvgIpc) is 2.73. The maximum absolute atomic E-state index is 11.9. The second kappa shape index (κ2) is 4.29. The Labute approximate surface area is 97.7 Å². The SMILES string of the molecule is CN(CC(=O)O)C(=O)c1ccc2cc[nH]c2c1. The molecular weight excluding hydrogens is 220 g/mol. The van der Waals surface area contributed by atoms with Gasteiger partial charge in [0.1, 0.15) is 6.54 Å². The molecule has 0 fully saturated rings. The number of benzene rings is 1. The standard InChI is InChI=1S/C12H12N2O3/c1-14(7-11(15)16)12(17)9-3-2-8-4-5-13-10(8)6-9/h2-6,13H,7H2,1H3,(H,15,16). The molecule has 0 atom stereocenters. The molecule has 0 aliphatic rings. The van der Waals surface area contributed by atoms with E-state index < -0.39 is 5.97 Å². The van der Waals surface area contributed by atoms with Crippen molar-refractivity contribution in [2.75, 3.05) is 13.6 Å². The Hall–Kier alpha value is -2.30. The van der Waals surface area contributed by atoms with Crippen LogP contribution in [0.4, 0.5) is 0 Å². The predicted molar refractivity (Wildman–Crippen MR) is 62.9 cm³/mol. The molecule has 2 rings (SSSR count). The van der Waals surface area contributed by atoms with Gasteiger partial charge in [0.2, 0.25) is 0 Å². The van der Waals surface area contributed by atoms with Gasteiger partial charge in [0.05, 0.1) is 0 Å². The summed E-state index contributed by atoms with van der Waals surface area (Å²) < 4.78 is 0. The van der Waals surface area contributed by atoms with Crippen molar-refractivity contribution in [1.82, 2.24) is 9.88 Å². The van der Waals surface area contributed by atoms with E-state index in [0.717, 1.165) is 10.9 Å². The van der Waals surface area contributed by atoms with E-state index in [1.54, 1.807) is 18.3 Å². The zero-order valence-corrected chi connectivity index (χ0v) is 9.30. The van der Waals surface area contributed by atoms with Gasteiger partial charge in [-0.05, 0) is 23.6 Å². The van der Waals surface area contributed by atoms with E-state index in [9.17, 15) is 9.59 Å². The number of aliphatic carboxylic acids is 1. The van der Waals surface area contributed by atoms with Crippen LogP contribution in [0.3, 0.4) is 0 Å².